The van der Waals surface area contributed by atoms with Gasteiger partial charge in [0.05, 0.1) is 0 Å². The topological polar surface area (TPSA) is 15.3 Å². The quantitative estimate of drug-likeness (QED) is 0.909. The first-order valence-electron chi connectivity index (χ1n) is 8.18. The van der Waals surface area contributed by atoms with Gasteiger partial charge in [-0.05, 0) is 62.4 Å². The molecule has 2 nitrogen and oxygen atoms in total. The number of rotatable bonds is 4. The predicted octanol–water partition coefficient (Wildman–Crippen LogP) is 3.73. The van der Waals surface area contributed by atoms with Crippen molar-refractivity contribution in [2.75, 3.05) is 13.1 Å². The van der Waals surface area contributed by atoms with Gasteiger partial charge in [0, 0.05) is 25.2 Å². The Bertz CT molecular complexity index is 459. The van der Waals surface area contributed by atoms with Crippen molar-refractivity contribution in [1.82, 2.24) is 10.2 Å². The molecule has 1 N–H and O–H groups in total. The van der Waals surface area contributed by atoms with Crippen LogP contribution < -0.4 is 5.32 Å². The maximum atomic E-state index is 13.2. The Morgan fingerprint density at radius 1 is 1.38 bits per heavy atom. The van der Waals surface area contributed by atoms with Gasteiger partial charge in [0.15, 0.2) is 0 Å². The molecule has 1 heterocycles. The number of aryl methyl sites for hydroxylation is 1. The molecular formula is C18H29FN2. The highest BCUT2D eigenvalue weighted by Gasteiger charge is 2.23. The maximum absolute atomic E-state index is 13.2. The normalized spacial score (nSPS) is 24.3. The van der Waals surface area contributed by atoms with E-state index < -0.39 is 0 Å². The van der Waals surface area contributed by atoms with E-state index in [-0.39, 0.29) is 5.82 Å². The first-order chi connectivity index (χ1) is 9.95. The Morgan fingerprint density at radius 2 is 2.14 bits per heavy atom. The van der Waals surface area contributed by atoms with E-state index in [1.807, 2.05) is 13.0 Å². The van der Waals surface area contributed by atoms with Gasteiger partial charge < -0.3 is 5.32 Å². The molecule has 1 aliphatic rings. The monoisotopic (exact) mass is 292 g/mol. The highest BCUT2D eigenvalue weighted by Crippen LogP contribution is 2.19. The molecule has 118 valence electrons. The molecule has 2 rings (SSSR count). The van der Waals surface area contributed by atoms with Crippen LogP contribution in [0, 0.1) is 18.7 Å². The lowest BCUT2D eigenvalue weighted by Gasteiger charge is -2.30. The summed E-state index contributed by atoms with van der Waals surface area (Å²) < 4.78 is 13.2. The lowest BCUT2D eigenvalue weighted by molar-refractivity contribution is 0.189. The van der Waals surface area contributed by atoms with Crippen LogP contribution in [-0.2, 0) is 6.54 Å². The van der Waals surface area contributed by atoms with Crippen LogP contribution in [0.1, 0.15) is 44.7 Å². The number of hydrogen-bond donors (Lipinski definition) is 1. The van der Waals surface area contributed by atoms with Crippen molar-refractivity contribution in [3.8, 4) is 0 Å². The molecule has 1 aliphatic heterocycles. The van der Waals surface area contributed by atoms with Crippen LogP contribution in [-0.4, -0.2) is 30.1 Å². The summed E-state index contributed by atoms with van der Waals surface area (Å²) in [6, 6.07) is 6.29. The highest BCUT2D eigenvalue weighted by molar-refractivity contribution is 5.26. The first-order valence-corrected chi connectivity index (χ1v) is 8.18. The fourth-order valence-electron chi connectivity index (χ4n) is 3.21. The van der Waals surface area contributed by atoms with Crippen LogP contribution in [0.4, 0.5) is 4.39 Å². The van der Waals surface area contributed by atoms with Crippen LogP contribution in [0.15, 0.2) is 18.2 Å². The molecule has 0 amide bonds. The summed E-state index contributed by atoms with van der Waals surface area (Å²) >= 11 is 0. The van der Waals surface area contributed by atoms with E-state index in [2.05, 4.69) is 31.0 Å². The minimum Gasteiger partial charge on any atom is -0.313 e. The molecule has 2 atom stereocenters. The molecule has 0 spiro atoms. The van der Waals surface area contributed by atoms with Crippen molar-refractivity contribution < 1.29 is 4.39 Å². The van der Waals surface area contributed by atoms with Gasteiger partial charge in [0.1, 0.15) is 5.82 Å². The maximum Gasteiger partial charge on any atom is 0.123 e. The number of nitrogens with zero attached hydrogens (tertiary/aromatic N) is 1. The SMILES string of the molecule is Cc1cc(F)ccc1CN1CC(CC(C)C)NCCC1C. The first kappa shape index (κ1) is 16.4. The zero-order valence-corrected chi connectivity index (χ0v) is 13.8. The molecule has 21 heavy (non-hydrogen) atoms. The van der Waals surface area contributed by atoms with E-state index in [0.29, 0.717) is 18.0 Å². The third-order valence-corrected chi connectivity index (χ3v) is 4.51. The lowest BCUT2D eigenvalue weighted by Crippen LogP contribution is -2.40. The average Bonchev–Trinajstić information content (AvgIpc) is 2.55. The van der Waals surface area contributed by atoms with Gasteiger partial charge >= 0.3 is 0 Å². The fraction of sp³-hybridized carbons (Fsp3) is 0.667. The fourth-order valence-corrected chi connectivity index (χ4v) is 3.21. The standard InChI is InChI=1S/C18H29FN2/c1-13(2)9-18-12-21(15(4)7-8-20-18)11-16-5-6-17(19)10-14(16)3/h5-6,10,13,15,18,20H,7-9,11-12H2,1-4H3. The van der Waals surface area contributed by atoms with E-state index in [4.69, 9.17) is 0 Å². The average molecular weight is 292 g/mol. The second kappa shape index (κ2) is 7.37. The van der Waals surface area contributed by atoms with Crippen molar-refractivity contribution >= 4 is 0 Å². The summed E-state index contributed by atoms with van der Waals surface area (Å²) in [5.41, 5.74) is 2.30. The summed E-state index contributed by atoms with van der Waals surface area (Å²) in [6.45, 7) is 12.0. The number of nitrogens with one attached hydrogen (secondary N) is 1. The summed E-state index contributed by atoms with van der Waals surface area (Å²) in [6.07, 6.45) is 2.39. The van der Waals surface area contributed by atoms with Gasteiger partial charge in [-0.1, -0.05) is 19.9 Å². The van der Waals surface area contributed by atoms with Gasteiger partial charge in [-0.25, -0.2) is 4.39 Å². The summed E-state index contributed by atoms with van der Waals surface area (Å²) in [4.78, 5) is 2.55. The number of hydrogen-bond acceptors (Lipinski definition) is 2. The molecule has 3 heteroatoms. The molecule has 0 saturated carbocycles. The van der Waals surface area contributed by atoms with Gasteiger partial charge in [-0.15, -0.1) is 0 Å². The van der Waals surface area contributed by atoms with Crippen LogP contribution >= 0.6 is 0 Å². The van der Waals surface area contributed by atoms with E-state index in [1.54, 1.807) is 12.1 Å². The molecule has 0 bridgehead atoms. The van der Waals surface area contributed by atoms with Gasteiger partial charge in [-0.3, -0.25) is 4.90 Å². The zero-order chi connectivity index (χ0) is 15.4. The van der Waals surface area contributed by atoms with Crippen molar-refractivity contribution in [3.63, 3.8) is 0 Å². The van der Waals surface area contributed by atoms with E-state index in [0.717, 1.165) is 25.2 Å². The van der Waals surface area contributed by atoms with Gasteiger partial charge in [0.2, 0.25) is 0 Å². The zero-order valence-electron chi connectivity index (χ0n) is 13.8. The molecule has 2 unspecified atom stereocenters. The summed E-state index contributed by atoms with van der Waals surface area (Å²) in [5.74, 6) is 0.574. The molecule has 0 aliphatic carbocycles. The Kier molecular flexibility index (Phi) is 5.77. The van der Waals surface area contributed by atoms with Crippen molar-refractivity contribution in [1.29, 1.82) is 0 Å². The Morgan fingerprint density at radius 3 is 2.81 bits per heavy atom. The second-order valence-corrected chi connectivity index (χ2v) is 6.92. The Labute approximate surface area is 128 Å². The largest absolute Gasteiger partial charge is 0.313 e. The number of halogens is 1. The van der Waals surface area contributed by atoms with Gasteiger partial charge in [-0.2, -0.15) is 0 Å². The molecule has 0 aromatic heterocycles. The van der Waals surface area contributed by atoms with Gasteiger partial charge in [0.25, 0.3) is 0 Å². The van der Waals surface area contributed by atoms with Crippen LogP contribution in [0.3, 0.4) is 0 Å². The van der Waals surface area contributed by atoms with E-state index >= 15 is 0 Å². The smallest absolute Gasteiger partial charge is 0.123 e. The molecule has 0 radical (unpaired) electrons. The van der Waals surface area contributed by atoms with Crippen molar-refractivity contribution in [3.05, 3.63) is 35.1 Å². The molecule has 1 aromatic carbocycles. The third kappa shape index (κ3) is 4.79. The highest BCUT2D eigenvalue weighted by atomic mass is 19.1. The number of benzene rings is 1. The summed E-state index contributed by atoms with van der Waals surface area (Å²) in [5, 5.41) is 3.68. The van der Waals surface area contributed by atoms with E-state index in [1.165, 1.54) is 18.4 Å². The van der Waals surface area contributed by atoms with Crippen molar-refractivity contribution in [2.24, 2.45) is 5.92 Å². The van der Waals surface area contributed by atoms with Crippen LogP contribution in [0.25, 0.3) is 0 Å². The minimum absolute atomic E-state index is 0.139. The Balaban J connectivity index is 2.07. The Hall–Kier alpha value is -0.930. The van der Waals surface area contributed by atoms with Crippen LogP contribution in [0.5, 0.6) is 0 Å². The van der Waals surface area contributed by atoms with Crippen LogP contribution in [0.2, 0.25) is 0 Å². The predicted molar refractivity (Wildman–Crippen MR) is 86.9 cm³/mol. The minimum atomic E-state index is -0.139. The third-order valence-electron chi connectivity index (χ3n) is 4.51. The van der Waals surface area contributed by atoms with Crippen molar-refractivity contribution in [2.45, 2.75) is 59.2 Å². The summed E-state index contributed by atoms with van der Waals surface area (Å²) in [7, 11) is 0. The molecule has 1 saturated heterocycles. The molecule has 1 fully saturated rings. The molecule has 1 aromatic rings. The lowest BCUT2D eigenvalue weighted by atomic mass is 10.0. The van der Waals surface area contributed by atoms with E-state index in [9.17, 15) is 4.39 Å². The molecular weight excluding hydrogens is 263 g/mol. The second-order valence-electron chi connectivity index (χ2n) is 6.92.